The molecule has 4 heteroatoms. The van der Waals surface area contributed by atoms with Crippen molar-refractivity contribution in [2.45, 2.75) is 38.7 Å². The number of hydrogen-bond acceptors (Lipinski definition) is 2. The van der Waals surface area contributed by atoms with E-state index in [1.54, 1.807) is 0 Å². The summed E-state index contributed by atoms with van der Waals surface area (Å²) in [6.45, 7) is 2.07. The van der Waals surface area contributed by atoms with Gasteiger partial charge in [-0.25, -0.2) is 4.39 Å². The molecule has 0 radical (unpaired) electrons. The molecule has 2 unspecified atom stereocenters. The van der Waals surface area contributed by atoms with Gasteiger partial charge in [0.2, 0.25) is 5.82 Å². The van der Waals surface area contributed by atoms with Crippen LogP contribution in [0.5, 0.6) is 5.75 Å². The van der Waals surface area contributed by atoms with E-state index < -0.39 is 11.6 Å². The molecule has 0 saturated heterocycles. The van der Waals surface area contributed by atoms with Crippen molar-refractivity contribution in [3.8, 4) is 5.75 Å². The van der Waals surface area contributed by atoms with Gasteiger partial charge in [-0.3, -0.25) is 0 Å². The fourth-order valence-electron chi connectivity index (χ4n) is 2.28. The second kappa shape index (κ2) is 4.90. The molecule has 17 heavy (non-hydrogen) atoms. The van der Waals surface area contributed by atoms with Gasteiger partial charge in [0, 0.05) is 0 Å². The highest BCUT2D eigenvalue weighted by molar-refractivity contribution is 5.53. The molecule has 2 atom stereocenters. The molecule has 2 N–H and O–H groups in total. The monoisotopic (exact) mass is 241 g/mol. The molecule has 0 spiro atoms. The smallest absolute Gasteiger partial charge is 0.202 e. The fourth-order valence-corrected chi connectivity index (χ4v) is 2.28. The van der Waals surface area contributed by atoms with Gasteiger partial charge < -0.3 is 10.5 Å². The van der Waals surface area contributed by atoms with E-state index in [2.05, 4.69) is 6.92 Å². The number of benzene rings is 1. The molecule has 1 aromatic carbocycles. The van der Waals surface area contributed by atoms with Gasteiger partial charge in [-0.15, -0.1) is 0 Å². The second-order valence-corrected chi connectivity index (χ2v) is 4.70. The first-order chi connectivity index (χ1) is 8.09. The van der Waals surface area contributed by atoms with Crippen LogP contribution in [0.4, 0.5) is 14.5 Å². The first kappa shape index (κ1) is 12.1. The maximum Gasteiger partial charge on any atom is 0.202 e. The zero-order valence-corrected chi connectivity index (χ0v) is 9.88. The van der Waals surface area contributed by atoms with Gasteiger partial charge in [0.05, 0.1) is 5.69 Å². The largest absolute Gasteiger partial charge is 0.485 e. The maximum absolute atomic E-state index is 13.6. The van der Waals surface area contributed by atoms with Crippen molar-refractivity contribution in [1.82, 2.24) is 0 Å². The first-order valence-electron chi connectivity index (χ1n) is 5.99. The average molecular weight is 241 g/mol. The molecule has 2 nitrogen and oxygen atoms in total. The number of anilines is 1. The number of rotatable bonds is 2. The number of nitrogen functional groups attached to an aromatic ring is 1. The lowest BCUT2D eigenvalue weighted by Crippen LogP contribution is -2.29. The summed E-state index contributed by atoms with van der Waals surface area (Å²) in [5, 5.41) is 0. The quantitative estimate of drug-likeness (QED) is 0.804. The number of halogens is 2. The minimum Gasteiger partial charge on any atom is -0.485 e. The average Bonchev–Trinajstić information content (AvgIpc) is 2.32. The number of nitrogens with two attached hydrogens (primary N) is 1. The second-order valence-electron chi connectivity index (χ2n) is 4.70. The van der Waals surface area contributed by atoms with Crippen LogP contribution in [0, 0.1) is 17.6 Å². The summed E-state index contributed by atoms with van der Waals surface area (Å²) in [6, 6.07) is 2.35. The first-order valence-corrected chi connectivity index (χ1v) is 5.99. The molecule has 1 aliphatic carbocycles. The van der Waals surface area contributed by atoms with E-state index >= 15 is 0 Å². The van der Waals surface area contributed by atoms with Crippen LogP contribution in [0.15, 0.2) is 12.1 Å². The van der Waals surface area contributed by atoms with Crippen LogP contribution in [0.25, 0.3) is 0 Å². The Labute approximate surface area is 99.8 Å². The minimum absolute atomic E-state index is 0.0673. The van der Waals surface area contributed by atoms with Crippen molar-refractivity contribution in [2.75, 3.05) is 5.73 Å². The third-order valence-corrected chi connectivity index (χ3v) is 3.38. The molecule has 2 rings (SSSR count). The molecule has 1 aromatic rings. The zero-order valence-electron chi connectivity index (χ0n) is 9.88. The third kappa shape index (κ3) is 2.51. The molecule has 1 saturated carbocycles. The van der Waals surface area contributed by atoms with Crippen molar-refractivity contribution in [3.05, 3.63) is 23.8 Å². The molecule has 1 fully saturated rings. The SMILES string of the molecule is CC1CCCCC1Oc1c(N)ccc(F)c1F. The van der Waals surface area contributed by atoms with Crippen LogP contribution in [0.2, 0.25) is 0 Å². The molecular weight excluding hydrogens is 224 g/mol. The summed E-state index contributed by atoms with van der Waals surface area (Å²) >= 11 is 0. The topological polar surface area (TPSA) is 35.2 Å². The normalized spacial score (nSPS) is 24.6. The van der Waals surface area contributed by atoms with Crippen molar-refractivity contribution >= 4 is 5.69 Å². The van der Waals surface area contributed by atoms with Gasteiger partial charge in [-0.1, -0.05) is 13.3 Å². The van der Waals surface area contributed by atoms with E-state index in [4.69, 9.17) is 10.5 Å². The molecule has 0 bridgehead atoms. The van der Waals surface area contributed by atoms with E-state index in [0.717, 1.165) is 25.3 Å². The van der Waals surface area contributed by atoms with Crippen LogP contribution in [0.1, 0.15) is 32.6 Å². The predicted octanol–water partition coefficient (Wildman–Crippen LogP) is 3.50. The molecule has 0 aliphatic heterocycles. The van der Waals surface area contributed by atoms with Crippen LogP contribution < -0.4 is 10.5 Å². The lowest BCUT2D eigenvalue weighted by Gasteiger charge is -2.29. The van der Waals surface area contributed by atoms with Gasteiger partial charge in [-0.05, 0) is 37.3 Å². The van der Waals surface area contributed by atoms with Crippen molar-refractivity contribution in [3.63, 3.8) is 0 Å². The van der Waals surface area contributed by atoms with Crippen LogP contribution in [-0.4, -0.2) is 6.10 Å². The fraction of sp³-hybridized carbons (Fsp3) is 0.538. The highest BCUT2D eigenvalue weighted by Gasteiger charge is 2.25. The number of ether oxygens (including phenoxy) is 1. The van der Waals surface area contributed by atoms with E-state index in [1.807, 2.05) is 0 Å². The Hall–Kier alpha value is -1.32. The van der Waals surface area contributed by atoms with Crippen LogP contribution >= 0.6 is 0 Å². The van der Waals surface area contributed by atoms with Crippen molar-refractivity contribution in [1.29, 1.82) is 0 Å². The minimum atomic E-state index is -0.984. The van der Waals surface area contributed by atoms with Crippen molar-refractivity contribution < 1.29 is 13.5 Å². The highest BCUT2D eigenvalue weighted by atomic mass is 19.2. The summed E-state index contributed by atoms with van der Waals surface area (Å²) in [5.74, 6) is -1.69. The zero-order chi connectivity index (χ0) is 12.4. The summed E-state index contributed by atoms with van der Waals surface area (Å²) in [5.41, 5.74) is 5.78. The van der Waals surface area contributed by atoms with E-state index in [0.29, 0.717) is 5.92 Å². The lowest BCUT2D eigenvalue weighted by atomic mass is 9.88. The van der Waals surface area contributed by atoms with Gasteiger partial charge >= 0.3 is 0 Å². The Morgan fingerprint density at radius 2 is 1.94 bits per heavy atom. The summed E-state index contributed by atoms with van der Waals surface area (Å²) in [4.78, 5) is 0. The molecule has 0 aromatic heterocycles. The van der Waals surface area contributed by atoms with Crippen LogP contribution in [-0.2, 0) is 0 Å². The molecule has 0 amide bonds. The molecular formula is C13H17F2NO. The standard InChI is InChI=1S/C13H17F2NO/c1-8-4-2-3-5-11(8)17-13-10(16)7-6-9(14)12(13)15/h6-8,11H,2-5,16H2,1H3. The Balaban J connectivity index is 2.20. The Morgan fingerprint density at radius 3 is 2.65 bits per heavy atom. The van der Waals surface area contributed by atoms with Gasteiger partial charge in [-0.2, -0.15) is 4.39 Å². The van der Waals surface area contributed by atoms with Crippen LogP contribution in [0.3, 0.4) is 0 Å². The molecule has 0 heterocycles. The van der Waals surface area contributed by atoms with E-state index in [1.165, 1.54) is 12.5 Å². The number of hydrogen-bond donors (Lipinski definition) is 1. The van der Waals surface area contributed by atoms with E-state index in [-0.39, 0.29) is 17.5 Å². The highest BCUT2D eigenvalue weighted by Crippen LogP contribution is 2.33. The van der Waals surface area contributed by atoms with E-state index in [9.17, 15) is 8.78 Å². The molecule has 94 valence electrons. The lowest BCUT2D eigenvalue weighted by molar-refractivity contribution is 0.0979. The Kier molecular flexibility index (Phi) is 3.50. The summed E-state index contributed by atoms with van der Waals surface area (Å²) < 4.78 is 32.2. The third-order valence-electron chi connectivity index (χ3n) is 3.38. The Bertz CT molecular complexity index is 409. The van der Waals surface area contributed by atoms with Crippen molar-refractivity contribution in [2.24, 2.45) is 5.92 Å². The predicted molar refractivity (Wildman–Crippen MR) is 62.8 cm³/mol. The van der Waals surface area contributed by atoms with Gasteiger partial charge in [0.25, 0.3) is 0 Å². The Morgan fingerprint density at radius 1 is 1.24 bits per heavy atom. The van der Waals surface area contributed by atoms with Gasteiger partial charge in [0.15, 0.2) is 11.6 Å². The van der Waals surface area contributed by atoms with Gasteiger partial charge in [0.1, 0.15) is 6.10 Å². The summed E-state index contributed by atoms with van der Waals surface area (Å²) in [6.07, 6.45) is 4.09. The maximum atomic E-state index is 13.6. The summed E-state index contributed by atoms with van der Waals surface area (Å²) in [7, 11) is 0. The molecule has 1 aliphatic rings.